The van der Waals surface area contributed by atoms with Crippen LogP contribution in [-0.2, 0) is 0 Å². The van der Waals surface area contributed by atoms with E-state index in [4.69, 9.17) is 9.97 Å². The predicted molar refractivity (Wildman–Crippen MR) is 204 cm³/mol. The maximum Gasteiger partial charge on any atom is 0.160 e. The fourth-order valence-corrected chi connectivity index (χ4v) is 6.76. The molecule has 2 heterocycles. The van der Waals surface area contributed by atoms with Crippen LogP contribution in [0.2, 0.25) is 0 Å². The van der Waals surface area contributed by atoms with Gasteiger partial charge in [-0.25, -0.2) is 9.97 Å². The van der Waals surface area contributed by atoms with Crippen LogP contribution in [0.15, 0.2) is 188 Å². The summed E-state index contributed by atoms with van der Waals surface area (Å²) in [6, 6.07) is 66.1. The number of para-hydroxylation sites is 2. The summed E-state index contributed by atoms with van der Waals surface area (Å²) in [4.78, 5) is 10.3. The van der Waals surface area contributed by atoms with E-state index in [9.17, 15) is 0 Å². The van der Waals surface area contributed by atoms with E-state index in [2.05, 4.69) is 180 Å². The summed E-state index contributed by atoms with van der Waals surface area (Å²) in [5.74, 6) is 0.700. The fourth-order valence-electron chi connectivity index (χ4n) is 6.76. The van der Waals surface area contributed by atoms with Gasteiger partial charge in [0.25, 0.3) is 0 Å². The van der Waals surface area contributed by atoms with Gasteiger partial charge in [-0.05, 0) is 52.6 Å². The normalized spacial score (nSPS) is 11.3. The third-order valence-corrected chi connectivity index (χ3v) is 9.27. The van der Waals surface area contributed by atoms with E-state index >= 15 is 0 Å². The van der Waals surface area contributed by atoms with Crippen LogP contribution >= 0.6 is 0 Å². The SMILES string of the molecule is c1ccc(-c2ccc(-c3cc(-c4ccc(-n5c6ccccc6c6ccccc65)cc4)nc(-c4ccc(-c5ccccc5)cc4)n3)cc2)cc1. The Bertz CT molecular complexity index is 2390. The Kier molecular flexibility index (Phi) is 7.14. The Morgan fingerprint density at radius 3 is 1.16 bits per heavy atom. The van der Waals surface area contributed by atoms with Gasteiger partial charge >= 0.3 is 0 Å². The van der Waals surface area contributed by atoms with Gasteiger partial charge in [0.1, 0.15) is 0 Å². The molecule has 3 heteroatoms. The number of benzene rings is 7. The molecule has 230 valence electrons. The lowest BCUT2D eigenvalue weighted by molar-refractivity contribution is 1.17. The lowest BCUT2D eigenvalue weighted by atomic mass is 10.0. The first-order valence-electron chi connectivity index (χ1n) is 16.6. The largest absolute Gasteiger partial charge is 0.309 e. The van der Waals surface area contributed by atoms with Crippen molar-refractivity contribution in [2.75, 3.05) is 0 Å². The molecule has 0 N–H and O–H groups in total. The molecular formula is C46H31N3. The van der Waals surface area contributed by atoms with Crippen molar-refractivity contribution in [3.05, 3.63) is 188 Å². The van der Waals surface area contributed by atoms with E-state index in [1.165, 1.54) is 38.5 Å². The Balaban J connectivity index is 1.13. The highest BCUT2D eigenvalue weighted by molar-refractivity contribution is 6.09. The van der Waals surface area contributed by atoms with Crippen LogP contribution in [0.5, 0.6) is 0 Å². The van der Waals surface area contributed by atoms with Gasteiger partial charge in [-0.15, -0.1) is 0 Å². The Morgan fingerprint density at radius 2 is 0.673 bits per heavy atom. The summed E-state index contributed by atoms with van der Waals surface area (Å²) in [6.07, 6.45) is 0. The molecule has 2 aromatic heterocycles. The van der Waals surface area contributed by atoms with Crippen molar-refractivity contribution in [3.63, 3.8) is 0 Å². The molecular weight excluding hydrogens is 595 g/mol. The number of fused-ring (bicyclic) bond motifs is 3. The molecule has 3 nitrogen and oxygen atoms in total. The van der Waals surface area contributed by atoms with Crippen molar-refractivity contribution in [1.29, 1.82) is 0 Å². The molecule has 9 rings (SSSR count). The molecule has 0 aliphatic rings. The van der Waals surface area contributed by atoms with E-state index in [1.807, 2.05) is 12.1 Å². The van der Waals surface area contributed by atoms with Crippen molar-refractivity contribution < 1.29 is 0 Å². The number of hydrogen-bond donors (Lipinski definition) is 0. The molecule has 7 aromatic carbocycles. The van der Waals surface area contributed by atoms with Crippen molar-refractivity contribution in [1.82, 2.24) is 14.5 Å². The molecule has 0 spiro atoms. The zero-order valence-corrected chi connectivity index (χ0v) is 26.7. The molecule has 0 saturated heterocycles. The molecule has 49 heavy (non-hydrogen) atoms. The molecule has 0 atom stereocenters. The van der Waals surface area contributed by atoms with E-state index in [-0.39, 0.29) is 0 Å². The highest BCUT2D eigenvalue weighted by atomic mass is 15.0. The molecule has 0 saturated carbocycles. The van der Waals surface area contributed by atoms with Crippen molar-refractivity contribution in [2.45, 2.75) is 0 Å². The molecule has 0 fully saturated rings. The van der Waals surface area contributed by atoms with Gasteiger partial charge in [0.05, 0.1) is 22.4 Å². The Morgan fingerprint density at radius 1 is 0.306 bits per heavy atom. The smallest absolute Gasteiger partial charge is 0.160 e. The third kappa shape index (κ3) is 5.38. The lowest BCUT2D eigenvalue weighted by Crippen LogP contribution is -1.97. The molecule has 0 bridgehead atoms. The van der Waals surface area contributed by atoms with E-state index < -0.39 is 0 Å². The Hall–Kier alpha value is -6.58. The summed E-state index contributed by atoms with van der Waals surface area (Å²) in [5.41, 5.74) is 13.1. The van der Waals surface area contributed by atoms with Crippen LogP contribution in [0.3, 0.4) is 0 Å². The van der Waals surface area contributed by atoms with Crippen LogP contribution in [-0.4, -0.2) is 14.5 Å². The minimum absolute atomic E-state index is 0.700. The first-order chi connectivity index (χ1) is 24.3. The molecule has 0 radical (unpaired) electrons. The van der Waals surface area contributed by atoms with E-state index in [0.717, 1.165) is 39.3 Å². The standard InChI is InChI=1S/C46H31N3/c1-3-11-32(12-4-1)34-19-23-36(24-20-34)42-31-43(48-46(47-42)38-25-21-35(22-26-38)33-13-5-2-6-14-33)37-27-29-39(30-28-37)49-44-17-9-7-15-40(44)41-16-8-10-18-45(41)49/h1-31H. The first kappa shape index (κ1) is 28.6. The molecule has 0 amide bonds. The van der Waals surface area contributed by atoms with E-state index in [0.29, 0.717) is 5.82 Å². The van der Waals surface area contributed by atoms with Crippen LogP contribution in [0.25, 0.3) is 83.6 Å². The Labute approximate surface area is 285 Å². The lowest BCUT2D eigenvalue weighted by Gasteiger charge is -2.12. The van der Waals surface area contributed by atoms with E-state index in [1.54, 1.807) is 0 Å². The molecule has 0 unspecified atom stereocenters. The first-order valence-corrected chi connectivity index (χ1v) is 16.6. The average molecular weight is 626 g/mol. The zero-order valence-electron chi connectivity index (χ0n) is 26.7. The summed E-state index contributed by atoms with van der Waals surface area (Å²) >= 11 is 0. The fraction of sp³-hybridized carbons (Fsp3) is 0. The van der Waals surface area contributed by atoms with Crippen molar-refractivity contribution in [3.8, 4) is 61.8 Å². The van der Waals surface area contributed by atoms with Crippen LogP contribution in [0.1, 0.15) is 0 Å². The maximum atomic E-state index is 5.14. The predicted octanol–water partition coefficient (Wildman–Crippen LogP) is 11.9. The second-order valence-electron chi connectivity index (χ2n) is 12.3. The van der Waals surface area contributed by atoms with Crippen LogP contribution in [0, 0.1) is 0 Å². The molecule has 9 aromatic rings. The molecule has 0 aliphatic carbocycles. The molecule has 0 aliphatic heterocycles. The van der Waals surface area contributed by atoms with Crippen LogP contribution < -0.4 is 0 Å². The number of nitrogens with zero attached hydrogens (tertiary/aromatic N) is 3. The van der Waals surface area contributed by atoms with Gasteiger partial charge < -0.3 is 4.57 Å². The van der Waals surface area contributed by atoms with Gasteiger partial charge in [-0.3, -0.25) is 0 Å². The average Bonchev–Trinajstić information content (AvgIpc) is 3.53. The highest BCUT2D eigenvalue weighted by Gasteiger charge is 2.14. The van der Waals surface area contributed by atoms with Gasteiger partial charge in [0.15, 0.2) is 5.82 Å². The van der Waals surface area contributed by atoms with Gasteiger partial charge in [-0.1, -0.05) is 158 Å². The van der Waals surface area contributed by atoms with Crippen molar-refractivity contribution >= 4 is 21.8 Å². The minimum Gasteiger partial charge on any atom is -0.309 e. The van der Waals surface area contributed by atoms with Crippen molar-refractivity contribution in [2.24, 2.45) is 0 Å². The number of aromatic nitrogens is 3. The van der Waals surface area contributed by atoms with Crippen LogP contribution in [0.4, 0.5) is 0 Å². The topological polar surface area (TPSA) is 30.7 Å². The highest BCUT2D eigenvalue weighted by Crippen LogP contribution is 2.34. The monoisotopic (exact) mass is 625 g/mol. The van der Waals surface area contributed by atoms with Gasteiger partial charge in [0, 0.05) is 33.2 Å². The maximum absolute atomic E-state index is 5.14. The van der Waals surface area contributed by atoms with Gasteiger partial charge in [0.2, 0.25) is 0 Å². The quantitative estimate of drug-likeness (QED) is 0.184. The summed E-state index contributed by atoms with van der Waals surface area (Å²) in [7, 11) is 0. The second-order valence-corrected chi connectivity index (χ2v) is 12.3. The zero-order chi connectivity index (χ0) is 32.6. The van der Waals surface area contributed by atoms with Gasteiger partial charge in [-0.2, -0.15) is 0 Å². The summed E-state index contributed by atoms with van der Waals surface area (Å²) in [5, 5.41) is 2.51. The number of hydrogen-bond acceptors (Lipinski definition) is 2. The minimum atomic E-state index is 0.700. The summed E-state index contributed by atoms with van der Waals surface area (Å²) in [6.45, 7) is 0. The summed E-state index contributed by atoms with van der Waals surface area (Å²) < 4.78 is 2.34. The number of rotatable bonds is 6. The third-order valence-electron chi connectivity index (χ3n) is 9.27. The second kappa shape index (κ2) is 12.2.